The molecule has 0 spiro atoms. The van der Waals surface area contributed by atoms with E-state index in [0.717, 1.165) is 5.56 Å². The molecular formula is C33H39ClF3N5O6. The van der Waals surface area contributed by atoms with Crippen LogP contribution < -0.4 is 5.56 Å². The normalized spacial score (nSPS) is 24.5. The zero-order valence-electron chi connectivity index (χ0n) is 27.2. The molecule has 260 valence electrons. The Morgan fingerprint density at radius 3 is 2.40 bits per heavy atom. The van der Waals surface area contributed by atoms with Crippen LogP contribution in [-0.2, 0) is 20.8 Å². The molecule has 2 aromatic heterocycles. The summed E-state index contributed by atoms with van der Waals surface area (Å²) in [5.41, 5.74) is -2.10. The van der Waals surface area contributed by atoms with Gasteiger partial charge in [-0.3, -0.25) is 23.6 Å². The number of carbonyl (C=O) groups excluding carboxylic acids is 2. The Bertz CT molecular complexity index is 1780. The average molecular weight is 694 g/mol. The Morgan fingerprint density at radius 2 is 1.79 bits per heavy atom. The van der Waals surface area contributed by atoms with Crippen molar-refractivity contribution in [3.8, 4) is 5.69 Å². The lowest BCUT2D eigenvalue weighted by Crippen LogP contribution is -2.51. The number of hydrogen-bond acceptors (Lipinski definition) is 7. The van der Waals surface area contributed by atoms with E-state index in [4.69, 9.17) is 21.1 Å². The highest BCUT2D eigenvalue weighted by Gasteiger charge is 2.68. The SMILES string of the molecule is CC(C)(C)OC(=O)N1CCOC[C@H]1c1ccc(-n2c(Cl)cc3c(=O)n(CC4(O)CCN(C(=O)[C@]5(C)C[C@H]5C(F)(F)F)CC4)cnc32)cc1. The second-order valence-corrected chi connectivity index (χ2v) is 14.7. The number of benzene rings is 1. The molecule has 6 rings (SSSR count). The van der Waals surface area contributed by atoms with E-state index in [-0.39, 0.29) is 55.5 Å². The topological polar surface area (TPSA) is 119 Å². The Kier molecular flexibility index (Phi) is 8.60. The van der Waals surface area contributed by atoms with Gasteiger partial charge in [0.15, 0.2) is 5.65 Å². The second kappa shape index (κ2) is 12.1. The van der Waals surface area contributed by atoms with Crippen molar-refractivity contribution in [3.63, 3.8) is 0 Å². The highest BCUT2D eigenvalue weighted by Crippen LogP contribution is 2.61. The number of fused-ring (bicyclic) bond motifs is 1. The Balaban J connectivity index is 1.16. The summed E-state index contributed by atoms with van der Waals surface area (Å²) in [7, 11) is 0. The van der Waals surface area contributed by atoms with Crippen LogP contribution in [0.3, 0.4) is 0 Å². The third kappa shape index (κ3) is 6.53. The van der Waals surface area contributed by atoms with Crippen molar-refractivity contribution in [2.24, 2.45) is 11.3 Å². The number of alkyl halides is 3. The third-order valence-corrected chi connectivity index (χ3v) is 9.88. The number of rotatable bonds is 5. The molecule has 3 atom stereocenters. The molecule has 48 heavy (non-hydrogen) atoms. The van der Waals surface area contributed by atoms with Crippen LogP contribution >= 0.6 is 11.6 Å². The number of halogens is 4. The molecule has 1 N–H and O–H groups in total. The van der Waals surface area contributed by atoms with Gasteiger partial charge in [0.2, 0.25) is 5.91 Å². The zero-order chi connectivity index (χ0) is 34.8. The molecular weight excluding hydrogens is 655 g/mol. The summed E-state index contributed by atoms with van der Waals surface area (Å²) in [4.78, 5) is 46.9. The van der Waals surface area contributed by atoms with Crippen molar-refractivity contribution in [2.75, 3.05) is 32.8 Å². The van der Waals surface area contributed by atoms with E-state index in [2.05, 4.69) is 4.98 Å². The third-order valence-electron chi connectivity index (χ3n) is 9.60. The van der Waals surface area contributed by atoms with Crippen molar-refractivity contribution < 1.29 is 37.3 Å². The van der Waals surface area contributed by atoms with Gasteiger partial charge in [-0.1, -0.05) is 30.7 Å². The summed E-state index contributed by atoms with van der Waals surface area (Å²) in [6.45, 7) is 7.95. The maximum Gasteiger partial charge on any atom is 0.410 e. The van der Waals surface area contributed by atoms with E-state index in [9.17, 15) is 32.7 Å². The minimum Gasteiger partial charge on any atom is -0.444 e. The molecule has 3 aliphatic rings. The number of hydrogen-bond donors (Lipinski definition) is 1. The fourth-order valence-electron chi connectivity index (χ4n) is 6.75. The number of aliphatic hydroxyl groups is 1. The van der Waals surface area contributed by atoms with Gasteiger partial charge in [-0.05, 0) is 63.8 Å². The van der Waals surface area contributed by atoms with Crippen LogP contribution in [0.5, 0.6) is 0 Å². The zero-order valence-corrected chi connectivity index (χ0v) is 28.0. The first-order valence-corrected chi connectivity index (χ1v) is 16.3. The van der Waals surface area contributed by atoms with E-state index in [1.54, 1.807) is 9.47 Å². The van der Waals surface area contributed by atoms with Gasteiger partial charge in [-0.15, -0.1) is 0 Å². The van der Waals surface area contributed by atoms with Crippen LogP contribution in [0, 0.1) is 11.3 Å². The molecule has 0 unspecified atom stereocenters. The van der Waals surface area contributed by atoms with Gasteiger partial charge in [0.1, 0.15) is 17.1 Å². The van der Waals surface area contributed by atoms with Crippen LogP contribution in [0.4, 0.5) is 18.0 Å². The number of nitrogens with zero attached hydrogens (tertiary/aromatic N) is 5. The minimum absolute atomic E-state index is 0.0840. The standard InChI is InChI=1S/C33H39ClF3N5O6/c1-30(2,3)48-29(45)41-13-14-47-17-23(41)20-5-7-21(8-6-20)42-25(34)15-22-26(42)38-19-40(27(22)43)18-32(46)9-11-39(12-10-32)28(44)31(4)16-24(31)33(35,36)37/h5-8,15,19,23-24,46H,9-14,16-18H2,1-4H3/t23-,24+,31+/m0/s1. The lowest BCUT2D eigenvalue weighted by atomic mass is 9.90. The molecule has 2 saturated heterocycles. The van der Waals surface area contributed by atoms with Crippen LogP contribution in [0.1, 0.15) is 58.6 Å². The smallest absolute Gasteiger partial charge is 0.410 e. The van der Waals surface area contributed by atoms with Crippen LogP contribution in [0.2, 0.25) is 5.15 Å². The van der Waals surface area contributed by atoms with Crippen molar-refractivity contribution in [2.45, 2.75) is 76.9 Å². The number of piperidine rings is 1. The summed E-state index contributed by atoms with van der Waals surface area (Å²) >= 11 is 6.61. The van der Waals surface area contributed by atoms with Crippen LogP contribution in [-0.4, -0.2) is 91.3 Å². The monoisotopic (exact) mass is 693 g/mol. The van der Waals surface area contributed by atoms with Crippen molar-refractivity contribution in [3.05, 3.63) is 57.7 Å². The van der Waals surface area contributed by atoms with Crippen molar-refractivity contribution in [1.29, 1.82) is 0 Å². The Morgan fingerprint density at radius 1 is 1.12 bits per heavy atom. The van der Waals surface area contributed by atoms with Gasteiger partial charge in [0.05, 0.1) is 48.1 Å². The van der Waals surface area contributed by atoms with Gasteiger partial charge in [-0.25, -0.2) is 9.78 Å². The highest BCUT2D eigenvalue weighted by molar-refractivity contribution is 6.31. The van der Waals surface area contributed by atoms with Crippen LogP contribution in [0.25, 0.3) is 16.7 Å². The van der Waals surface area contributed by atoms with Gasteiger partial charge >= 0.3 is 12.3 Å². The molecule has 3 aromatic rings. The molecule has 1 aliphatic carbocycles. The lowest BCUT2D eigenvalue weighted by molar-refractivity contribution is -0.165. The fraction of sp³-hybridized carbons (Fsp3) is 0.576. The maximum absolute atomic E-state index is 13.5. The first kappa shape index (κ1) is 34.3. The first-order chi connectivity index (χ1) is 22.4. The fourth-order valence-corrected chi connectivity index (χ4v) is 7.04. The van der Waals surface area contributed by atoms with Gasteiger partial charge in [-0.2, -0.15) is 13.2 Å². The van der Waals surface area contributed by atoms with Gasteiger partial charge in [0, 0.05) is 25.3 Å². The minimum atomic E-state index is -4.42. The predicted octanol–water partition coefficient (Wildman–Crippen LogP) is 5.09. The number of morpholine rings is 1. The molecule has 2 aliphatic heterocycles. The Labute approximate surface area is 280 Å². The van der Waals surface area contributed by atoms with Crippen molar-refractivity contribution in [1.82, 2.24) is 23.9 Å². The molecule has 0 bridgehead atoms. The van der Waals surface area contributed by atoms with Crippen LogP contribution in [0.15, 0.2) is 41.5 Å². The number of amides is 2. The van der Waals surface area contributed by atoms with E-state index in [1.807, 2.05) is 45.0 Å². The maximum atomic E-state index is 13.5. The summed E-state index contributed by atoms with van der Waals surface area (Å²) in [5, 5.41) is 11.8. The molecule has 0 radical (unpaired) electrons. The molecule has 2 amide bonds. The second-order valence-electron chi connectivity index (χ2n) is 14.3. The number of ether oxygens (including phenoxy) is 2. The van der Waals surface area contributed by atoms with Gasteiger partial charge in [0.25, 0.3) is 5.56 Å². The summed E-state index contributed by atoms with van der Waals surface area (Å²) in [6, 6.07) is 8.49. The molecule has 1 aromatic carbocycles. The molecule has 15 heteroatoms. The van der Waals surface area contributed by atoms with E-state index in [0.29, 0.717) is 31.1 Å². The summed E-state index contributed by atoms with van der Waals surface area (Å²) < 4.78 is 53.7. The molecule has 3 fully saturated rings. The lowest BCUT2D eigenvalue weighted by Gasteiger charge is -2.39. The molecule has 4 heterocycles. The number of carbonyl (C=O) groups is 2. The van der Waals surface area contributed by atoms with E-state index < -0.39 is 46.3 Å². The summed E-state index contributed by atoms with van der Waals surface area (Å²) in [5.74, 6) is -2.20. The quantitative estimate of drug-likeness (QED) is 0.396. The average Bonchev–Trinajstić information content (AvgIpc) is 3.63. The predicted molar refractivity (Wildman–Crippen MR) is 170 cm³/mol. The first-order valence-electron chi connectivity index (χ1n) is 15.9. The molecule has 11 nitrogen and oxygen atoms in total. The van der Waals surface area contributed by atoms with E-state index in [1.165, 1.54) is 28.8 Å². The van der Waals surface area contributed by atoms with E-state index >= 15 is 0 Å². The highest BCUT2D eigenvalue weighted by atomic mass is 35.5. The Hall–Kier alpha value is -3.62. The number of aromatic nitrogens is 3. The summed E-state index contributed by atoms with van der Waals surface area (Å²) in [6.07, 6.45) is -3.54. The van der Waals surface area contributed by atoms with Gasteiger partial charge < -0.3 is 19.5 Å². The molecule has 1 saturated carbocycles. The largest absolute Gasteiger partial charge is 0.444 e. The van der Waals surface area contributed by atoms with Crippen molar-refractivity contribution >= 4 is 34.6 Å². The number of likely N-dealkylation sites (tertiary alicyclic amines) is 1.